The molecule has 0 radical (unpaired) electrons. The van der Waals surface area contributed by atoms with Crippen LogP contribution >= 0.6 is 0 Å². The van der Waals surface area contributed by atoms with E-state index in [0.717, 1.165) is 24.7 Å². The first-order chi connectivity index (χ1) is 8.70. The second-order valence-corrected chi connectivity index (χ2v) is 3.29. The molecule has 0 saturated carbocycles. The van der Waals surface area contributed by atoms with Crippen molar-refractivity contribution in [2.75, 3.05) is 13.2 Å². The Bertz CT molecular complexity index is 278. The highest BCUT2D eigenvalue weighted by atomic mass is 16.5. The van der Waals surface area contributed by atoms with Gasteiger partial charge in [-0.2, -0.15) is 0 Å². The van der Waals surface area contributed by atoms with Gasteiger partial charge in [-0.3, -0.25) is 0 Å². The number of ether oxygens (including phenoxy) is 2. The molecule has 0 bridgehead atoms. The zero-order chi connectivity index (χ0) is 13.6. The first kappa shape index (κ1) is 16.0. The Labute approximate surface area is 105 Å². The van der Waals surface area contributed by atoms with E-state index < -0.39 is 11.9 Å². The summed E-state index contributed by atoms with van der Waals surface area (Å²) in [7, 11) is 0. The van der Waals surface area contributed by atoms with Crippen LogP contribution in [-0.4, -0.2) is 37.7 Å². The van der Waals surface area contributed by atoms with Gasteiger partial charge in [0, 0.05) is 25.0 Å². The first-order valence-electron chi connectivity index (χ1n) is 5.59. The second kappa shape index (κ2) is 11.5. The van der Waals surface area contributed by atoms with Crippen molar-refractivity contribution in [1.82, 2.24) is 0 Å². The minimum absolute atomic E-state index is 0.135. The largest absolute Gasteiger partial charge is 0.463 e. The molecule has 0 aromatic heterocycles. The number of esters is 2. The number of unbranched alkanes of at least 4 members (excludes halogenated alkanes) is 2. The van der Waals surface area contributed by atoms with Gasteiger partial charge in [0.15, 0.2) is 0 Å². The third kappa shape index (κ3) is 10.5. The summed E-state index contributed by atoms with van der Waals surface area (Å²) in [5.41, 5.74) is 0. The van der Waals surface area contributed by atoms with Gasteiger partial charge < -0.3 is 19.1 Å². The number of rotatable bonds is 10. The predicted octanol–water partition coefficient (Wildman–Crippen LogP) is 0.587. The lowest BCUT2D eigenvalue weighted by atomic mass is 10.3. The van der Waals surface area contributed by atoms with Gasteiger partial charge in [0.1, 0.15) is 12.6 Å². The van der Waals surface area contributed by atoms with Crippen molar-refractivity contribution in [3.05, 3.63) is 12.2 Å². The van der Waals surface area contributed by atoms with Crippen molar-refractivity contribution in [2.24, 2.45) is 0 Å². The minimum atomic E-state index is -0.661. The highest BCUT2D eigenvalue weighted by molar-refractivity contribution is 5.91. The molecular weight excluding hydrogens is 240 g/mol. The van der Waals surface area contributed by atoms with Crippen molar-refractivity contribution in [1.29, 1.82) is 0 Å². The fourth-order valence-corrected chi connectivity index (χ4v) is 0.911. The third-order valence-corrected chi connectivity index (χ3v) is 1.78. The lowest BCUT2D eigenvalue weighted by Crippen LogP contribution is -2.06. The molecule has 6 heteroatoms. The molecule has 0 rings (SSSR count). The van der Waals surface area contributed by atoms with Crippen molar-refractivity contribution in [3.63, 3.8) is 0 Å². The van der Waals surface area contributed by atoms with Crippen molar-refractivity contribution < 1.29 is 28.7 Å². The Morgan fingerprint density at radius 1 is 0.778 bits per heavy atom. The molecule has 0 unspecified atom stereocenters. The van der Waals surface area contributed by atoms with Crippen LogP contribution < -0.4 is 0 Å². The molecule has 0 fully saturated rings. The summed E-state index contributed by atoms with van der Waals surface area (Å²) in [4.78, 5) is 42.0. The van der Waals surface area contributed by atoms with E-state index in [0.29, 0.717) is 25.7 Å². The van der Waals surface area contributed by atoms with E-state index >= 15 is 0 Å². The molecule has 0 aliphatic heterocycles. The molecule has 0 saturated heterocycles. The van der Waals surface area contributed by atoms with Crippen molar-refractivity contribution >= 4 is 24.5 Å². The normalized spacial score (nSPS) is 10.0. The molecule has 18 heavy (non-hydrogen) atoms. The quantitative estimate of drug-likeness (QED) is 0.246. The lowest BCUT2D eigenvalue weighted by Gasteiger charge is -2.00. The maximum Gasteiger partial charge on any atom is 0.331 e. The smallest absolute Gasteiger partial charge is 0.331 e. The van der Waals surface area contributed by atoms with Gasteiger partial charge in [-0.1, -0.05) is 0 Å². The Hall–Kier alpha value is -1.98. The van der Waals surface area contributed by atoms with Crippen LogP contribution in [0.25, 0.3) is 0 Å². The van der Waals surface area contributed by atoms with E-state index in [9.17, 15) is 19.2 Å². The fraction of sp³-hybridized carbons (Fsp3) is 0.500. The van der Waals surface area contributed by atoms with Crippen LogP contribution in [0, 0.1) is 0 Å². The minimum Gasteiger partial charge on any atom is -0.463 e. The van der Waals surface area contributed by atoms with Crippen molar-refractivity contribution in [3.8, 4) is 0 Å². The van der Waals surface area contributed by atoms with Gasteiger partial charge in [0.25, 0.3) is 0 Å². The Morgan fingerprint density at radius 2 is 1.17 bits per heavy atom. The zero-order valence-electron chi connectivity index (χ0n) is 10.0. The van der Waals surface area contributed by atoms with Crippen LogP contribution in [0.2, 0.25) is 0 Å². The first-order valence-corrected chi connectivity index (χ1v) is 5.59. The fourth-order valence-electron chi connectivity index (χ4n) is 0.911. The van der Waals surface area contributed by atoms with E-state index in [1.807, 2.05) is 0 Å². The molecule has 0 spiro atoms. The highest BCUT2D eigenvalue weighted by Crippen LogP contribution is 1.91. The van der Waals surface area contributed by atoms with Gasteiger partial charge in [-0.25, -0.2) is 9.59 Å². The second-order valence-electron chi connectivity index (χ2n) is 3.29. The average Bonchev–Trinajstić information content (AvgIpc) is 2.37. The van der Waals surface area contributed by atoms with Gasteiger partial charge in [-0.05, 0) is 12.8 Å². The number of aldehydes is 2. The number of hydrogen-bond donors (Lipinski definition) is 0. The molecule has 100 valence electrons. The summed E-state index contributed by atoms with van der Waals surface area (Å²) in [6, 6.07) is 0. The molecule has 0 aromatic carbocycles. The monoisotopic (exact) mass is 256 g/mol. The van der Waals surface area contributed by atoms with Crippen LogP contribution in [0.5, 0.6) is 0 Å². The van der Waals surface area contributed by atoms with Crippen LogP contribution in [0.15, 0.2) is 12.2 Å². The van der Waals surface area contributed by atoms with Crippen LogP contribution in [0.3, 0.4) is 0 Å². The van der Waals surface area contributed by atoms with Gasteiger partial charge >= 0.3 is 11.9 Å². The van der Waals surface area contributed by atoms with Crippen molar-refractivity contribution in [2.45, 2.75) is 25.7 Å². The third-order valence-electron chi connectivity index (χ3n) is 1.78. The summed E-state index contributed by atoms with van der Waals surface area (Å²) in [6.45, 7) is 0.270. The summed E-state index contributed by atoms with van der Waals surface area (Å²) >= 11 is 0. The SMILES string of the molecule is O=CCCCOC(=O)/C=C\C(=O)OCCCC=O. The van der Waals surface area contributed by atoms with E-state index in [2.05, 4.69) is 0 Å². The summed E-state index contributed by atoms with van der Waals surface area (Å²) in [6.07, 6.45) is 4.97. The van der Waals surface area contributed by atoms with E-state index in [1.165, 1.54) is 0 Å². The number of carbonyl (C=O) groups is 4. The molecule has 0 heterocycles. The number of hydrogen-bond acceptors (Lipinski definition) is 6. The Kier molecular flexibility index (Phi) is 10.2. The maximum absolute atomic E-state index is 11.0. The molecule has 0 aliphatic rings. The maximum atomic E-state index is 11.0. The highest BCUT2D eigenvalue weighted by Gasteiger charge is 2.00. The summed E-state index contributed by atoms with van der Waals surface area (Å²) < 4.78 is 9.40. The van der Waals surface area contributed by atoms with Crippen LogP contribution in [-0.2, 0) is 28.7 Å². The zero-order valence-corrected chi connectivity index (χ0v) is 10.0. The van der Waals surface area contributed by atoms with Gasteiger partial charge in [-0.15, -0.1) is 0 Å². The topological polar surface area (TPSA) is 86.7 Å². The van der Waals surface area contributed by atoms with E-state index in [-0.39, 0.29) is 13.2 Å². The van der Waals surface area contributed by atoms with Crippen LogP contribution in [0.4, 0.5) is 0 Å². The molecule has 0 aliphatic carbocycles. The molecule has 0 N–H and O–H groups in total. The Balaban J connectivity index is 3.64. The standard InChI is InChI=1S/C12H16O6/c13-7-1-3-9-17-11(15)5-6-12(16)18-10-4-2-8-14/h5-8H,1-4,9-10H2/b6-5-. The van der Waals surface area contributed by atoms with Gasteiger partial charge in [0.2, 0.25) is 0 Å². The molecule has 0 atom stereocenters. The lowest BCUT2D eigenvalue weighted by molar-refractivity contribution is -0.140. The average molecular weight is 256 g/mol. The molecule has 6 nitrogen and oxygen atoms in total. The Morgan fingerprint density at radius 3 is 1.50 bits per heavy atom. The summed E-state index contributed by atoms with van der Waals surface area (Å²) in [5.74, 6) is -1.32. The van der Waals surface area contributed by atoms with Gasteiger partial charge in [0.05, 0.1) is 13.2 Å². The molecular formula is C12H16O6. The summed E-state index contributed by atoms with van der Waals surface area (Å²) in [5, 5.41) is 0. The molecule has 0 aromatic rings. The van der Waals surface area contributed by atoms with Crippen LogP contribution in [0.1, 0.15) is 25.7 Å². The number of carbonyl (C=O) groups excluding carboxylic acids is 4. The predicted molar refractivity (Wildman–Crippen MR) is 61.7 cm³/mol. The molecule has 0 amide bonds. The van der Waals surface area contributed by atoms with E-state index in [4.69, 9.17) is 9.47 Å². The van der Waals surface area contributed by atoms with E-state index in [1.54, 1.807) is 0 Å².